The molecule has 15 heavy (non-hydrogen) atoms. The van der Waals surface area contributed by atoms with Crippen molar-refractivity contribution in [3.8, 4) is 5.75 Å². The second-order valence-corrected chi connectivity index (χ2v) is 3.49. The van der Waals surface area contributed by atoms with Crippen molar-refractivity contribution in [2.24, 2.45) is 0 Å². The molecule has 0 saturated heterocycles. The normalized spacial score (nSPS) is 10.3. The third-order valence-electron chi connectivity index (χ3n) is 2.30. The summed E-state index contributed by atoms with van der Waals surface area (Å²) in [5.41, 5.74) is 2.50. The molecule has 0 radical (unpaired) electrons. The summed E-state index contributed by atoms with van der Waals surface area (Å²) in [5.74, 6) is 0.948. The van der Waals surface area contributed by atoms with Crippen LogP contribution in [0.5, 0.6) is 5.75 Å². The molecule has 0 unspecified atom stereocenters. The van der Waals surface area contributed by atoms with Gasteiger partial charge in [-0.25, -0.2) is 0 Å². The van der Waals surface area contributed by atoms with E-state index in [-0.39, 0.29) is 0 Å². The number of rotatable bonds is 6. The maximum Gasteiger partial charge on any atom is 0.121 e. The molecule has 0 aliphatic carbocycles. The van der Waals surface area contributed by atoms with Crippen molar-refractivity contribution in [2.45, 2.75) is 13.3 Å². The van der Waals surface area contributed by atoms with E-state index >= 15 is 0 Å². The fraction of sp³-hybridized carbons (Fsp3) is 0.500. The summed E-state index contributed by atoms with van der Waals surface area (Å²) in [7, 11) is 3.38. The average Bonchev–Trinajstić information content (AvgIpc) is 2.25. The van der Waals surface area contributed by atoms with Gasteiger partial charge in [0.05, 0.1) is 13.8 Å². The standard InChI is InChI=1S/C12H19NO2/c1-10-8-11(4-5-12(10)15-3)6-7-13-9-14-2/h4-5,8,13H,6-7,9H2,1-3H3. The van der Waals surface area contributed by atoms with Crippen LogP contribution in [-0.2, 0) is 11.2 Å². The van der Waals surface area contributed by atoms with Crippen LogP contribution in [0.25, 0.3) is 0 Å². The second kappa shape index (κ2) is 6.43. The van der Waals surface area contributed by atoms with Gasteiger partial charge in [0.25, 0.3) is 0 Å². The van der Waals surface area contributed by atoms with Crippen molar-refractivity contribution >= 4 is 0 Å². The first-order valence-electron chi connectivity index (χ1n) is 5.11. The number of aryl methyl sites for hydroxylation is 1. The van der Waals surface area contributed by atoms with Crippen LogP contribution in [0.4, 0.5) is 0 Å². The molecule has 0 heterocycles. The van der Waals surface area contributed by atoms with Gasteiger partial charge in [0.2, 0.25) is 0 Å². The molecule has 1 rings (SSSR count). The van der Waals surface area contributed by atoms with E-state index in [2.05, 4.69) is 24.4 Å². The van der Waals surface area contributed by atoms with Crippen LogP contribution in [-0.4, -0.2) is 27.5 Å². The smallest absolute Gasteiger partial charge is 0.121 e. The maximum absolute atomic E-state index is 5.21. The molecule has 0 aliphatic rings. The van der Waals surface area contributed by atoms with E-state index in [0.717, 1.165) is 18.7 Å². The summed E-state index contributed by atoms with van der Waals surface area (Å²) < 4.78 is 10.1. The van der Waals surface area contributed by atoms with E-state index in [0.29, 0.717) is 6.73 Å². The molecular weight excluding hydrogens is 190 g/mol. The molecule has 0 aliphatic heterocycles. The van der Waals surface area contributed by atoms with Crippen molar-refractivity contribution < 1.29 is 9.47 Å². The number of nitrogens with one attached hydrogen (secondary N) is 1. The van der Waals surface area contributed by atoms with Gasteiger partial charge in [-0.1, -0.05) is 12.1 Å². The Bertz CT molecular complexity index is 300. The molecule has 84 valence electrons. The van der Waals surface area contributed by atoms with Crippen molar-refractivity contribution in [1.82, 2.24) is 5.32 Å². The van der Waals surface area contributed by atoms with Crippen LogP contribution in [0.3, 0.4) is 0 Å². The van der Waals surface area contributed by atoms with Crippen LogP contribution in [0.15, 0.2) is 18.2 Å². The first kappa shape index (κ1) is 12.0. The first-order valence-corrected chi connectivity index (χ1v) is 5.11. The molecule has 0 aromatic heterocycles. The minimum Gasteiger partial charge on any atom is -0.496 e. The summed E-state index contributed by atoms with van der Waals surface area (Å²) in [5, 5.41) is 3.18. The quantitative estimate of drug-likeness (QED) is 0.572. The molecule has 1 aromatic rings. The van der Waals surface area contributed by atoms with Crippen molar-refractivity contribution in [2.75, 3.05) is 27.5 Å². The first-order chi connectivity index (χ1) is 7.27. The lowest BCUT2D eigenvalue weighted by atomic mass is 10.1. The van der Waals surface area contributed by atoms with Crippen molar-refractivity contribution in [1.29, 1.82) is 0 Å². The zero-order chi connectivity index (χ0) is 11.1. The van der Waals surface area contributed by atoms with Crippen LogP contribution in [0.1, 0.15) is 11.1 Å². The topological polar surface area (TPSA) is 30.5 Å². The van der Waals surface area contributed by atoms with E-state index in [4.69, 9.17) is 9.47 Å². The molecule has 0 saturated carbocycles. The minimum absolute atomic E-state index is 0.606. The number of methoxy groups -OCH3 is 2. The van der Waals surface area contributed by atoms with Crippen molar-refractivity contribution in [3.05, 3.63) is 29.3 Å². The van der Waals surface area contributed by atoms with Crippen LogP contribution in [0, 0.1) is 6.92 Å². The Morgan fingerprint density at radius 2 is 2.07 bits per heavy atom. The lowest BCUT2D eigenvalue weighted by Crippen LogP contribution is -2.19. The largest absolute Gasteiger partial charge is 0.496 e. The summed E-state index contributed by atoms with van der Waals surface area (Å²) in [6.45, 7) is 3.60. The van der Waals surface area contributed by atoms with Gasteiger partial charge in [0, 0.05) is 13.7 Å². The molecular formula is C12H19NO2. The summed E-state index contributed by atoms with van der Waals surface area (Å²) in [6, 6.07) is 6.27. The van der Waals surface area contributed by atoms with Gasteiger partial charge in [0.15, 0.2) is 0 Å². The summed E-state index contributed by atoms with van der Waals surface area (Å²) >= 11 is 0. The van der Waals surface area contributed by atoms with E-state index in [1.54, 1.807) is 14.2 Å². The second-order valence-electron chi connectivity index (χ2n) is 3.49. The Morgan fingerprint density at radius 3 is 2.67 bits per heavy atom. The minimum atomic E-state index is 0.606. The van der Waals surface area contributed by atoms with Gasteiger partial charge in [-0.05, 0) is 30.5 Å². The molecule has 0 atom stereocenters. The Kier molecular flexibility index (Phi) is 5.15. The van der Waals surface area contributed by atoms with Gasteiger partial charge in [-0.3, -0.25) is 5.32 Å². The third-order valence-corrected chi connectivity index (χ3v) is 2.30. The van der Waals surface area contributed by atoms with E-state index in [9.17, 15) is 0 Å². The SMILES string of the molecule is COCNCCc1ccc(OC)c(C)c1. The highest BCUT2D eigenvalue weighted by Crippen LogP contribution is 2.18. The predicted octanol–water partition coefficient (Wildman–Crippen LogP) is 1.74. The van der Waals surface area contributed by atoms with Crippen LogP contribution in [0.2, 0.25) is 0 Å². The summed E-state index contributed by atoms with van der Waals surface area (Å²) in [6.07, 6.45) is 1.01. The average molecular weight is 209 g/mol. The Labute approximate surface area is 91.4 Å². The highest BCUT2D eigenvalue weighted by Gasteiger charge is 1.99. The Hall–Kier alpha value is -1.06. The fourth-order valence-electron chi connectivity index (χ4n) is 1.50. The molecule has 0 fully saturated rings. The number of benzene rings is 1. The summed E-state index contributed by atoms with van der Waals surface area (Å²) in [4.78, 5) is 0. The van der Waals surface area contributed by atoms with Gasteiger partial charge in [-0.15, -0.1) is 0 Å². The third kappa shape index (κ3) is 3.90. The Balaban J connectivity index is 2.45. The molecule has 1 aromatic carbocycles. The highest BCUT2D eigenvalue weighted by atomic mass is 16.5. The van der Waals surface area contributed by atoms with Gasteiger partial charge in [-0.2, -0.15) is 0 Å². The molecule has 0 bridgehead atoms. The molecule has 0 spiro atoms. The van der Waals surface area contributed by atoms with Crippen LogP contribution >= 0.6 is 0 Å². The molecule has 3 heteroatoms. The van der Waals surface area contributed by atoms with E-state index < -0.39 is 0 Å². The van der Waals surface area contributed by atoms with Gasteiger partial charge in [0.1, 0.15) is 5.75 Å². The van der Waals surface area contributed by atoms with Crippen LogP contribution < -0.4 is 10.1 Å². The highest BCUT2D eigenvalue weighted by molar-refractivity contribution is 5.36. The lowest BCUT2D eigenvalue weighted by Gasteiger charge is -2.07. The molecule has 1 N–H and O–H groups in total. The number of hydrogen-bond acceptors (Lipinski definition) is 3. The predicted molar refractivity (Wildman–Crippen MR) is 61.3 cm³/mol. The lowest BCUT2D eigenvalue weighted by molar-refractivity contribution is 0.176. The van der Waals surface area contributed by atoms with E-state index in [1.807, 2.05) is 6.07 Å². The number of ether oxygens (including phenoxy) is 2. The maximum atomic E-state index is 5.21. The zero-order valence-corrected chi connectivity index (χ0v) is 9.67. The van der Waals surface area contributed by atoms with E-state index in [1.165, 1.54) is 11.1 Å². The molecule has 0 amide bonds. The monoisotopic (exact) mass is 209 g/mol. The Morgan fingerprint density at radius 1 is 1.27 bits per heavy atom. The number of hydrogen-bond donors (Lipinski definition) is 1. The van der Waals surface area contributed by atoms with Gasteiger partial charge < -0.3 is 9.47 Å². The zero-order valence-electron chi connectivity index (χ0n) is 9.67. The van der Waals surface area contributed by atoms with Crippen molar-refractivity contribution in [3.63, 3.8) is 0 Å². The fourth-order valence-corrected chi connectivity index (χ4v) is 1.50. The molecule has 3 nitrogen and oxygen atoms in total. The van der Waals surface area contributed by atoms with Gasteiger partial charge >= 0.3 is 0 Å².